The number of hydrogen-bond acceptors (Lipinski definition) is 6. The highest BCUT2D eigenvalue weighted by molar-refractivity contribution is 7.99. The van der Waals surface area contributed by atoms with E-state index in [2.05, 4.69) is 10.3 Å². The number of carbonyl (C=O) groups excluding carboxylic acids is 1. The van der Waals surface area contributed by atoms with Gasteiger partial charge in [0.25, 0.3) is 0 Å². The Morgan fingerprint density at radius 1 is 0.800 bits per heavy atom. The maximum absolute atomic E-state index is 12.4. The number of anilines is 1. The van der Waals surface area contributed by atoms with E-state index in [1.165, 1.54) is 11.8 Å². The molecule has 0 bridgehead atoms. The number of ether oxygens (including phenoxy) is 3. The van der Waals surface area contributed by atoms with Crippen molar-refractivity contribution in [3.63, 3.8) is 0 Å². The molecule has 0 aliphatic carbocycles. The van der Waals surface area contributed by atoms with Crippen molar-refractivity contribution in [1.29, 1.82) is 0 Å². The number of carbonyl (C=O) groups is 1. The van der Waals surface area contributed by atoms with E-state index in [4.69, 9.17) is 19.2 Å². The van der Waals surface area contributed by atoms with Crippen molar-refractivity contribution in [2.45, 2.75) is 11.6 Å². The van der Waals surface area contributed by atoms with Crippen molar-refractivity contribution in [3.05, 3.63) is 72.8 Å². The summed E-state index contributed by atoms with van der Waals surface area (Å²) in [6.45, 7) is 0. The third-order valence-electron chi connectivity index (χ3n) is 5.37. The number of amides is 1. The Labute approximate surface area is 208 Å². The molecule has 4 aromatic rings. The summed E-state index contributed by atoms with van der Waals surface area (Å²) in [6, 6.07) is 22.9. The molecule has 8 heteroatoms. The minimum atomic E-state index is -0.0556. The van der Waals surface area contributed by atoms with Crippen LogP contribution in [0.2, 0.25) is 0 Å². The van der Waals surface area contributed by atoms with Crippen LogP contribution in [0.3, 0.4) is 0 Å². The number of rotatable bonds is 10. The van der Waals surface area contributed by atoms with Crippen molar-refractivity contribution in [1.82, 2.24) is 9.97 Å². The molecule has 0 aliphatic rings. The molecule has 1 heterocycles. The second-order valence-corrected chi connectivity index (χ2v) is 8.68. The fourth-order valence-corrected chi connectivity index (χ4v) is 4.29. The minimum absolute atomic E-state index is 0.0556. The van der Waals surface area contributed by atoms with E-state index in [9.17, 15) is 4.79 Å². The molecule has 1 aromatic heterocycles. The number of methoxy groups -OCH3 is 3. The number of imidazole rings is 1. The minimum Gasteiger partial charge on any atom is -0.497 e. The topological polar surface area (TPSA) is 85.5 Å². The maximum Gasteiger partial charge on any atom is 0.225 e. The summed E-state index contributed by atoms with van der Waals surface area (Å²) in [6.07, 6.45) is 0.354. The van der Waals surface area contributed by atoms with E-state index in [0.29, 0.717) is 12.2 Å². The first-order chi connectivity index (χ1) is 17.1. The second-order valence-electron chi connectivity index (χ2n) is 7.60. The molecular weight excluding hydrogens is 462 g/mol. The highest BCUT2D eigenvalue weighted by Crippen LogP contribution is 2.34. The fourth-order valence-electron chi connectivity index (χ4n) is 3.48. The molecular formula is C27H27N3O4S. The van der Waals surface area contributed by atoms with Crippen molar-refractivity contribution in [2.24, 2.45) is 0 Å². The lowest BCUT2D eigenvalue weighted by Gasteiger charge is -2.06. The standard InChI is InChI=1S/C27H27N3O4S/c1-32-21-10-4-18(5-11-21)25-26(19-6-12-22(33-2)13-7-19)30-27(29-25)35-17-16-24(31)28-20-8-14-23(34-3)15-9-20/h4-15H,16-17H2,1-3H3,(H,28,31)(H,29,30). The molecule has 0 spiro atoms. The number of benzene rings is 3. The third kappa shape index (κ3) is 6.16. The first kappa shape index (κ1) is 24.2. The van der Waals surface area contributed by atoms with E-state index >= 15 is 0 Å². The van der Waals surface area contributed by atoms with Gasteiger partial charge in [-0.25, -0.2) is 4.98 Å². The van der Waals surface area contributed by atoms with Crippen LogP contribution in [-0.2, 0) is 4.79 Å². The van der Waals surface area contributed by atoms with Crippen LogP contribution in [0.25, 0.3) is 22.5 Å². The Morgan fingerprint density at radius 2 is 1.31 bits per heavy atom. The van der Waals surface area contributed by atoms with E-state index in [1.807, 2.05) is 72.8 Å². The largest absolute Gasteiger partial charge is 0.497 e. The highest BCUT2D eigenvalue weighted by atomic mass is 32.2. The number of aromatic amines is 1. The van der Waals surface area contributed by atoms with Gasteiger partial charge in [0.05, 0.1) is 32.7 Å². The molecule has 0 fully saturated rings. The predicted molar refractivity (Wildman–Crippen MR) is 140 cm³/mol. The van der Waals surface area contributed by atoms with Gasteiger partial charge >= 0.3 is 0 Å². The summed E-state index contributed by atoms with van der Waals surface area (Å²) >= 11 is 1.51. The van der Waals surface area contributed by atoms with Gasteiger partial charge in [-0.15, -0.1) is 0 Å². The van der Waals surface area contributed by atoms with E-state index in [0.717, 1.165) is 50.6 Å². The van der Waals surface area contributed by atoms with Gasteiger partial charge in [-0.3, -0.25) is 4.79 Å². The van der Waals surface area contributed by atoms with Crippen LogP contribution in [0, 0.1) is 0 Å². The first-order valence-electron chi connectivity index (χ1n) is 11.0. The monoisotopic (exact) mass is 489 g/mol. The molecule has 0 unspecified atom stereocenters. The molecule has 1 amide bonds. The zero-order chi connectivity index (χ0) is 24.6. The van der Waals surface area contributed by atoms with Crippen molar-refractivity contribution >= 4 is 23.4 Å². The van der Waals surface area contributed by atoms with Gasteiger partial charge in [0.2, 0.25) is 5.91 Å². The van der Waals surface area contributed by atoms with Crippen LogP contribution < -0.4 is 19.5 Å². The molecule has 35 heavy (non-hydrogen) atoms. The summed E-state index contributed by atoms with van der Waals surface area (Å²) in [5.41, 5.74) is 4.44. The molecule has 3 aromatic carbocycles. The van der Waals surface area contributed by atoms with Gasteiger partial charge in [0.15, 0.2) is 5.16 Å². The van der Waals surface area contributed by atoms with Crippen molar-refractivity contribution in [3.8, 4) is 39.8 Å². The molecule has 4 rings (SSSR count). The summed E-state index contributed by atoms with van der Waals surface area (Å²) < 4.78 is 15.7. The Bertz CT molecular complexity index is 1190. The van der Waals surface area contributed by atoms with E-state index in [1.54, 1.807) is 21.3 Å². The first-order valence-corrected chi connectivity index (χ1v) is 12.0. The van der Waals surface area contributed by atoms with Crippen LogP contribution >= 0.6 is 11.8 Å². The normalized spacial score (nSPS) is 10.6. The molecule has 0 aliphatic heterocycles. The number of aromatic nitrogens is 2. The zero-order valence-electron chi connectivity index (χ0n) is 19.8. The van der Waals surface area contributed by atoms with Crippen molar-refractivity contribution in [2.75, 3.05) is 32.4 Å². The second kappa shape index (κ2) is 11.5. The lowest BCUT2D eigenvalue weighted by atomic mass is 10.0. The molecule has 0 radical (unpaired) electrons. The van der Waals surface area contributed by atoms with E-state index < -0.39 is 0 Å². The summed E-state index contributed by atoms with van der Waals surface area (Å²) in [5.74, 6) is 2.85. The number of thioether (sulfide) groups is 1. The van der Waals surface area contributed by atoms with Crippen LogP contribution in [0.5, 0.6) is 17.2 Å². The van der Waals surface area contributed by atoms with Gasteiger partial charge in [0.1, 0.15) is 17.2 Å². The molecule has 0 saturated carbocycles. The molecule has 0 saturated heterocycles. The molecule has 0 atom stereocenters. The smallest absolute Gasteiger partial charge is 0.225 e. The SMILES string of the molecule is COc1ccc(NC(=O)CCSc2nc(-c3ccc(OC)cc3)c(-c3ccc(OC)cc3)[nH]2)cc1. The van der Waals surface area contributed by atoms with Crippen LogP contribution in [0.1, 0.15) is 6.42 Å². The molecule has 7 nitrogen and oxygen atoms in total. The van der Waals surface area contributed by atoms with Crippen molar-refractivity contribution < 1.29 is 19.0 Å². The third-order valence-corrected chi connectivity index (χ3v) is 6.24. The Hall–Kier alpha value is -3.91. The summed E-state index contributed by atoms with van der Waals surface area (Å²) in [7, 11) is 4.90. The highest BCUT2D eigenvalue weighted by Gasteiger charge is 2.15. The lowest BCUT2D eigenvalue weighted by molar-refractivity contribution is -0.115. The average Bonchev–Trinajstić information content (AvgIpc) is 3.33. The van der Waals surface area contributed by atoms with E-state index in [-0.39, 0.29) is 5.91 Å². The predicted octanol–water partition coefficient (Wildman–Crippen LogP) is 5.89. The summed E-state index contributed by atoms with van der Waals surface area (Å²) in [5, 5.41) is 3.66. The number of H-pyrrole nitrogens is 1. The van der Waals surface area contributed by atoms with Crippen LogP contribution in [-0.4, -0.2) is 43.0 Å². The van der Waals surface area contributed by atoms with Gasteiger partial charge in [-0.2, -0.15) is 0 Å². The lowest BCUT2D eigenvalue weighted by Crippen LogP contribution is -2.12. The van der Waals surface area contributed by atoms with Gasteiger partial charge in [0, 0.05) is 29.0 Å². The molecule has 180 valence electrons. The number of nitrogens with one attached hydrogen (secondary N) is 2. The Morgan fingerprint density at radius 3 is 1.86 bits per heavy atom. The Balaban J connectivity index is 1.47. The Kier molecular flexibility index (Phi) is 7.95. The van der Waals surface area contributed by atoms with Gasteiger partial charge in [-0.05, 0) is 72.8 Å². The average molecular weight is 490 g/mol. The van der Waals surface area contributed by atoms with Gasteiger partial charge < -0.3 is 24.5 Å². The van der Waals surface area contributed by atoms with Crippen LogP contribution in [0.15, 0.2) is 78.0 Å². The zero-order valence-corrected chi connectivity index (χ0v) is 20.6. The molecule has 2 N–H and O–H groups in total. The summed E-state index contributed by atoms with van der Waals surface area (Å²) in [4.78, 5) is 20.7. The maximum atomic E-state index is 12.4. The number of nitrogens with zero attached hydrogens (tertiary/aromatic N) is 1. The quantitative estimate of drug-likeness (QED) is 0.270. The van der Waals surface area contributed by atoms with Crippen LogP contribution in [0.4, 0.5) is 5.69 Å². The van der Waals surface area contributed by atoms with Gasteiger partial charge in [-0.1, -0.05) is 11.8 Å². The number of hydrogen-bond donors (Lipinski definition) is 2. The fraction of sp³-hybridized carbons (Fsp3) is 0.185.